The Hall–Kier alpha value is -1.85. The summed E-state index contributed by atoms with van der Waals surface area (Å²) >= 11 is 0. The monoisotopic (exact) mass is 439 g/mol. The van der Waals surface area contributed by atoms with Crippen molar-refractivity contribution in [2.24, 2.45) is 16.7 Å². The Labute approximate surface area is 176 Å². The molecule has 3 aliphatic rings. The molecule has 11 heteroatoms. The zero-order valence-electron chi connectivity index (χ0n) is 17.7. The van der Waals surface area contributed by atoms with Gasteiger partial charge in [0.2, 0.25) is 16.0 Å². The lowest BCUT2D eigenvalue weighted by Gasteiger charge is -2.36. The minimum Gasteiger partial charge on any atom is -0.467 e. The van der Waals surface area contributed by atoms with Gasteiger partial charge in [-0.15, -0.1) is 0 Å². The Morgan fingerprint density at radius 1 is 1.23 bits per heavy atom. The van der Waals surface area contributed by atoms with Crippen molar-refractivity contribution in [3.05, 3.63) is 5.82 Å². The van der Waals surface area contributed by atoms with E-state index >= 15 is 0 Å². The van der Waals surface area contributed by atoms with Crippen molar-refractivity contribution in [2.45, 2.75) is 39.7 Å². The van der Waals surface area contributed by atoms with E-state index in [0.717, 1.165) is 6.42 Å². The fourth-order valence-electron chi connectivity index (χ4n) is 5.12. The zero-order valence-corrected chi connectivity index (χ0v) is 18.5. The Balaban J connectivity index is 1.49. The number of aromatic nitrogens is 3. The van der Waals surface area contributed by atoms with Gasteiger partial charge in [0.15, 0.2) is 5.82 Å². The van der Waals surface area contributed by atoms with Gasteiger partial charge in [-0.05, 0) is 24.2 Å². The second kappa shape index (κ2) is 7.69. The number of Topliss-reactive ketones (excluding diaryl/α,β-unsaturated/α-hetero) is 1. The van der Waals surface area contributed by atoms with Gasteiger partial charge in [-0.2, -0.15) is 15.0 Å². The van der Waals surface area contributed by atoms with Crippen molar-refractivity contribution in [2.75, 3.05) is 44.1 Å². The van der Waals surface area contributed by atoms with Crippen LogP contribution in [0.4, 0.5) is 5.95 Å². The number of fused-ring (bicyclic) bond motifs is 2. The summed E-state index contributed by atoms with van der Waals surface area (Å²) in [5.41, 5.74) is -1.11. The van der Waals surface area contributed by atoms with Crippen LogP contribution in [0.3, 0.4) is 0 Å². The van der Waals surface area contributed by atoms with E-state index in [1.165, 1.54) is 7.11 Å². The van der Waals surface area contributed by atoms with Gasteiger partial charge in [0.25, 0.3) is 0 Å². The van der Waals surface area contributed by atoms with E-state index < -0.39 is 15.4 Å². The molecule has 30 heavy (non-hydrogen) atoms. The third-order valence-electron chi connectivity index (χ3n) is 7.15. The number of nitrogens with one attached hydrogen (secondary N) is 1. The Morgan fingerprint density at radius 3 is 2.57 bits per heavy atom. The normalized spacial score (nSPS) is 28.2. The third-order valence-corrected chi connectivity index (χ3v) is 8.61. The van der Waals surface area contributed by atoms with Crippen molar-refractivity contribution < 1.29 is 22.7 Å². The van der Waals surface area contributed by atoms with Crippen LogP contribution < -0.4 is 14.4 Å². The summed E-state index contributed by atoms with van der Waals surface area (Å²) in [4.78, 5) is 27.5. The highest BCUT2D eigenvalue weighted by atomic mass is 32.2. The number of ether oxygens (including phenoxy) is 2. The summed E-state index contributed by atoms with van der Waals surface area (Å²) < 4.78 is 38.9. The maximum Gasteiger partial charge on any atom is 0.321 e. The van der Waals surface area contributed by atoms with Gasteiger partial charge in [0, 0.05) is 24.9 Å². The molecule has 4 rings (SSSR count). The molecule has 1 saturated heterocycles. The topological polar surface area (TPSA) is 124 Å². The molecule has 0 radical (unpaired) electrons. The molecular formula is C19H29N5O5S. The van der Waals surface area contributed by atoms with Crippen LogP contribution >= 0.6 is 0 Å². The van der Waals surface area contributed by atoms with Crippen LogP contribution in [-0.4, -0.2) is 68.3 Å². The van der Waals surface area contributed by atoms with Gasteiger partial charge in [-0.25, -0.2) is 13.1 Å². The predicted octanol–water partition coefficient (Wildman–Crippen LogP) is 0.532. The van der Waals surface area contributed by atoms with E-state index in [1.54, 1.807) is 0 Å². The number of hydrogen-bond acceptors (Lipinski definition) is 9. The summed E-state index contributed by atoms with van der Waals surface area (Å²) in [7, 11) is -2.26. The van der Waals surface area contributed by atoms with Crippen LogP contribution in [0.1, 0.15) is 38.9 Å². The molecular weight excluding hydrogens is 410 g/mol. The minimum absolute atomic E-state index is 0.0746. The van der Waals surface area contributed by atoms with Gasteiger partial charge < -0.3 is 14.4 Å². The van der Waals surface area contributed by atoms with Crippen LogP contribution in [0.5, 0.6) is 6.01 Å². The quantitative estimate of drug-likeness (QED) is 0.648. The van der Waals surface area contributed by atoms with Crippen LogP contribution in [0.15, 0.2) is 0 Å². The lowest BCUT2D eigenvalue weighted by Crippen LogP contribution is -2.45. The number of carbonyl (C=O) groups is 1. The van der Waals surface area contributed by atoms with Crippen LogP contribution in [0.25, 0.3) is 0 Å². The summed E-state index contributed by atoms with van der Waals surface area (Å²) in [5.74, 6) is 0.852. The lowest BCUT2D eigenvalue weighted by atomic mass is 9.70. The fourth-order valence-corrected chi connectivity index (χ4v) is 6.90. The second-order valence-corrected chi connectivity index (χ2v) is 10.7. The Morgan fingerprint density at radius 2 is 1.97 bits per heavy atom. The van der Waals surface area contributed by atoms with Crippen molar-refractivity contribution in [1.82, 2.24) is 19.7 Å². The maximum atomic E-state index is 12.9. The number of sulfonamides is 1. The van der Waals surface area contributed by atoms with E-state index in [2.05, 4.69) is 19.7 Å². The number of hydrogen-bond donors (Lipinski definition) is 1. The molecule has 166 valence electrons. The summed E-state index contributed by atoms with van der Waals surface area (Å²) in [6.07, 6.45) is 2.02. The van der Waals surface area contributed by atoms with Crippen molar-refractivity contribution in [3.8, 4) is 6.01 Å². The van der Waals surface area contributed by atoms with Crippen LogP contribution in [-0.2, 0) is 26.1 Å². The molecule has 2 atom stereocenters. The first kappa shape index (κ1) is 21.4. The summed E-state index contributed by atoms with van der Waals surface area (Å²) in [6.45, 7) is 6.38. The minimum atomic E-state index is -3.71. The number of ketones is 1. The first-order valence-corrected chi connectivity index (χ1v) is 11.9. The largest absolute Gasteiger partial charge is 0.467 e. The Kier molecular flexibility index (Phi) is 5.48. The van der Waals surface area contributed by atoms with E-state index in [0.29, 0.717) is 45.1 Å². The Bertz CT molecular complexity index is 931. The molecule has 1 aliphatic heterocycles. The molecule has 2 heterocycles. The molecule has 3 fully saturated rings. The van der Waals surface area contributed by atoms with E-state index in [-0.39, 0.29) is 41.2 Å². The average molecular weight is 440 g/mol. The molecule has 1 N–H and O–H groups in total. The second-order valence-electron chi connectivity index (χ2n) is 8.88. The number of methoxy groups -OCH3 is 1. The molecule has 2 bridgehead atoms. The van der Waals surface area contributed by atoms with Gasteiger partial charge in [0.05, 0.1) is 32.6 Å². The molecule has 0 spiro atoms. The maximum absolute atomic E-state index is 12.9. The van der Waals surface area contributed by atoms with Gasteiger partial charge in [-0.3, -0.25) is 4.79 Å². The summed E-state index contributed by atoms with van der Waals surface area (Å²) in [6, 6.07) is 0.130. The number of carbonyl (C=O) groups excluding carboxylic acids is 1. The molecule has 0 amide bonds. The third kappa shape index (κ3) is 3.67. The number of nitrogens with zero attached hydrogens (tertiary/aromatic N) is 4. The molecule has 1 aromatic rings. The average Bonchev–Trinajstić information content (AvgIpc) is 3.07. The van der Waals surface area contributed by atoms with E-state index in [4.69, 9.17) is 9.47 Å². The summed E-state index contributed by atoms with van der Waals surface area (Å²) in [5, 5.41) is 0. The predicted molar refractivity (Wildman–Crippen MR) is 109 cm³/mol. The first-order chi connectivity index (χ1) is 14.2. The number of rotatable bonds is 7. The van der Waals surface area contributed by atoms with Crippen molar-refractivity contribution in [3.63, 3.8) is 0 Å². The molecule has 1 unspecified atom stereocenters. The molecule has 10 nitrogen and oxygen atoms in total. The highest BCUT2D eigenvalue weighted by Crippen LogP contribution is 2.64. The molecule has 1 aromatic heterocycles. The fraction of sp³-hybridized carbons (Fsp3) is 0.789. The van der Waals surface area contributed by atoms with E-state index in [1.807, 2.05) is 18.7 Å². The van der Waals surface area contributed by atoms with Gasteiger partial charge in [-0.1, -0.05) is 13.8 Å². The first-order valence-electron chi connectivity index (χ1n) is 10.3. The van der Waals surface area contributed by atoms with E-state index in [9.17, 15) is 13.2 Å². The van der Waals surface area contributed by atoms with Crippen LogP contribution in [0, 0.1) is 16.7 Å². The molecule has 2 aliphatic carbocycles. The number of anilines is 1. The smallest absolute Gasteiger partial charge is 0.321 e. The molecule has 2 saturated carbocycles. The number of morpholine rings is 1. The van der Waals surface area contributed by atoms with Crippen molar-refractivity contribution in [1.29, 1.82) is 0 Å². The lowest BCUT2D eigenvalue weighted by molar-refractivity contribution is -0.128. The standard InChI is InChI=1S/C19H29N5O5S/c1-18(2)13-4-5-19(18,14(25)10-13)12-30(26,27)20-11-15-21-16(23-17(22-15)28-3)24-6-8-29-9-7-24/h13,20H,4-12H2,1-3H3/t13?,19-/m1/s1. The SMILES string of the molecule is COc1nc(CNS(=O)(=O)C[C@]23CCC(CC2=O)C3(C)C)nc(N2CCOCC2)n1. The highest BCUT2D eigenvalue weighted by Gasteiger charge is 2.65. The van der Waals surface area contributed by atoms with Crippen LogP contribution in [0.2, 0.25) is 0 Å². The van der Waals surface area contributed by atoms with Crippen molar-refractivity contribution >= 4 is 21.8 Å². The highest BCUT2D eigenvalue weighted by molar-refractivity contribution is 7.89. The van der Waals surface area contributed by atoms with Gasteiger partial charge in [0.1, 0.15) is 5.78 Å². The molecule has 0 aromatic carbocycles. The zero-order chi connectivity index (χ0) is 21.6. The van der Waals surface area contributed by atoms with Gasteiger partial charge >= 0.3 is 6.01 Å².